The van der Waals surface area contributed by atoms with Crippen molar-refractivity contribution in [2.45, 2.75) is 6.16 Å². The third-order valence-corrected chi connectivity index (χ3v) is 3.19. The Hall–Kier alpha value is -0.320. The first-order chi connectivity index (χ1) is 6.01. The van der Waals surface area contributed by atoms with Crippen LogP contribution in [-0.4, -0.2) is 20.0 Å². The minimum absolute atomic E-state index is 0. The van der Waals surface area contributed by atoms with Gasteiger partial charge in [-0.05, 0) is 11.1 Å². The maximum atomic E-state index is 3.74. The number of rotatable bonds is 3. The summed E-state index contributed by atoms with van der Waals surface area (Å²) in [5, 5.41) is 0. The fraction of sp³-hybridized carbons (Fsp3) is 0.333. The quantitative estimate of drug-likeness (QED) is 0.670. The van der Waals surface area contributed by atoms with Crippen LogP contribution in [0.25, 0.3) is 6.08 Å². The van der Waals surface area contributed by atoms with Crippen molar-refractivity contribution in [3.05, 3.63) is 42.0 Å². The molecule has 0 amide bonds. The minimum Gasteiger partial charge on any atom is -1.00 e. The van der Waals surface area contributed by atoms with Crippen LogP contribution in [0, 0.1) is 0 Å². The van der Waals surface area contributed by atoms with E-state index >= 15 is 0 Å². The minimum atomic E-state index is -0.687. The van der Waals surface area contributed by atoms with Crippen molar-refractivity contribution in [3.63, 3.8) is 0 Å². The van der Waals surface area contributed by atoms with Gasteiger partial charge in [0.1, 0.15) is 0 Å². The molecule has 0 radical (unpaired) electrons. The average Bonchev–Trinajstić information content (AvgIpc) is 2.03. The summed E-state index contributed by atoms with van der Waals surface area (Å²) in [7, 11) is -0.687. The van der Waals surface area contributed by atoms with Gasteiger partial charge in [-0.25, -0.2) is 0 Å². The van der Waals surface area contributed by atoms with Gasteiger partial charge in [-0.2, -0.15) is 0 Å². The van der Waals surface area contributed by atoms with Crippen molar-refractivity contribution in [1.29, 1.82) is 0 Å². The molecule has 1 aromatic carbocycles. The molecule has 1 aromatic rings. The van der Waals surface area contributed by atoms with E-state index in [1.165, 1.54) is 17.3 Å². The summed E-state index contributed by atoms with van der Waals surface area (Å²) >= 11 is 0. The Morgan fingerprint density at radius 1 is 1.14 bits per heavy atom. The van der Waals surface area contributed by atoms with Gasteiger partial charge in [0.2, 0.25) is 0 Å². The molecule has 0 saturated heterocycles. The Bertz CT molecular complexity index is 282. The molecule has 0 aliphatic carbocycles. The highest BCUT2D eigenvalue weighted by Crippen LogP contribution is 2.49. The van der Waals surface area contributed by atoms with E-state index in [0.717, 1.165) is 0 Å². The van der Waals surface area contributed by atoms with E-state index in [9.17, 15) is 0 Å². The van der Waals surface area contributed by atoms with E-state index in [4.69, 9.17) is 0 Å². The van der Waals surface area contributed by atoms with Gasteiger partial charge in [0.25, 0.3) is 0 Å². The fourth-order valence-corrected chi connectivity index (χ4v) is 2.61. The summed E-state index contributed by atoms with van der Waals surface area (Å²) < 4.78 is 0. The first-order valence-corrected chi connectivity index (χ1v) is 7.85. The van der Waals surface area contributed by atoms with Crippen LogP contribution in [-0.2, 0) is 6.16 Å². The predicted molar refractivity (Wildman–Crippen MR) is 64.9 cm³/mol. The molecule has 14 heavy (non-hydrogen) atoms. The molecule has 0 unspecified atom stereocenters. The summed E-state index contributed by atoms with van der Waals surface area (Å²) in [6.07, 6.45) is 3.13. The fourth-order valence-electron chi connectivity index (χ4n) is 1.31. The zero-order valence-corrected chi connectivity index (χ0v) is 10.8. The predicted octanol–water partition coefficient (Wildman–Crippen LogP) is 0.741. The van der Waals surface area contributed by atoms with Crippen LogP contribution >= 0.6 is 7.26 Å². The third-order valence-electron chi connectivity index (χ3n) is 1.87. The van der Waals surface area contributed by atoms with E-state index in [1.54, 1.807) is 0 Å². The molecule has 0 nitrogen and oxygen atoms in total. The molecule has 0 heterocycles. The smallest absolute Gasteiger partial charge is 0.0834 e. The Kier molecular flexibility index (Phi) is 5.41. The van der Waals surface area contributed by atoms with Crippen molar-refractivity contribution in [2.24, 2.45) is 0 Å². The Labute approximate surface area is 94.2 Å². The van der Waals surface area contributed by atoms with E-state index < -0.39 is 7.26 Å². The van der Waals surface area contributed by atoms with Crippen molar-refractivity contribution in [1.82, 2.24) is 0 Å². The lowest BCUT2D eigenvalue weighted by Crippen LogP contribution is -3.00. The second-order valence-corrected chi connectivity index (χ2v) is 9.29. The molecule has 0 bridgehead atoms. The van der Waals surface area contributed by atoms with Crippen LogP contribution in [0.5, 0.6) is 0 Å². The van der Waals surface area contributed by atoms with E-state index in [2.05, 4.69) is 50.8 Å². The molecule has 0 aliphatic heterocycles. The van der Waals surface area contributed by atoms with E-state index in [0.29, 0.717) is 0 Å². The number of hydrogen-bond acceptors (Lipinski definition) is 0. The van der Waals surface area contributed by atoms with Crippen LogP contribution in [0.1, 0.15) is 11.1 Å². The standard InChI is InChI=1S/C12H18P.ClH/c1-5-11-6-8-12(9-7-11)10-13(2,3)4;/h5-9H,1,10H2,2-4H3;1H/q+1;/p-1. The molecule has 0 spiro atoms. The highest BCUT2D eigenvalue weighted by molar-refractivity contribution is 7.72. The topological polar surface area (TPSA) is 0 Å². The molecular formula is C12H18ClP. The number of hydrogen-bond donors (Lipinski definition) is 0. The second-order valence-electron chi connectivity index (χ2n) is 4.39. The van der Waals surface area contributed by atoms with E-state index in [1.807, 2.05) is 6.08 Å². The van der Waals surface area contributed by atoms with Gasteiger partial charge in [0.05, 0.1) is 6.16 Å². The summed E-state index contributed by atoms with van der Waals surface area (Å²) in [6, 6.07) is 8.69. The summed E-state index contributed by atoms with van der Waals surface area (Å²) in [4.78, 5) is 0. The van der Waals surface area contributed by atoms with Crippen molar-refractivity contribution in [3.8, 4) is 0 Å². The maximum absolute atomic E-state index is 3.74. The first-order valence-electron chi connectivity index (χ1n) is 4.53. The molecule has 1 rings (SSSR count). The van der Waals surface area contributed by atoms with Crippen LogP contribution < -0.4 is 12.4 Å². The highest BCUT2D eigenvalue weighted by Gasteiger charge is 2.17. The molecule has 0 aromatic heterocycles. The lowest BCUT2D eigenvalue weighted by molar-refractivity contribution is -0.00000300. The summed E-state index contributed by atoms with van der Waals surface area (Å²) in [5.41, 5.74) is 2.66. The molecule has 2 heteroatoms. The molecular weight excluding hydrogens is 211 g/mol. The van der Waals surface area contributed by atoms with Crippen LogP contribution in [0.3, 0.4) is 0 Å². The largest absolute Gasteiger partial charge is 1.00 e. The second kappa shape index (κ2) is 5.53. The zero-order valence-electron chi connectivity index (χ0n) is 9.13. The lowest BCUT2D eigenvalue weighted by atomic mass is 10.1. The SMILES string of the molecule is C=Cc1ccc(C[P+](C)(C)C)cc1.[Cl-]. The van der Waals surface area contributed by atoms with Crippen LogP contribution in [0.2, 0.25) is 0 Å². The Morgan fingerprint density at radius 3 is 2.00 bits per heavy atom. The summed E-state index contributed by atoms with van der Waals surface area (Å²) in [5.74, 6) is 0. The molecule has 0 aliphatic rings. The first kappa shape index (κ1) is 13.7. The van der Waals surface area contributed by atoms with Gasteiger partial charge in [0.15, 0.2) is 0 Å². The normalized spacial score (nSPS) is 10.5. The van der Waals surface area contributed by atoms with Crippen molar-refractivity contribution >= 4 is 13.3 Å². The van der Waals surface area contributed by atoms with Gasteiger partial charge in [-0.1, -0.05) is 36.9 Å². The van der Waals surface area contributed by atoms with Crippen LogP contribution in [0.4, 0.5) is 0 Å². The zero-order chi connectivity index (χ0) is 9.90. The lowest BCUT2D eigenvalue weighted by Gasteiger charge is -2.11. The van der Waals surface area contributed by atoms with E-state index in [-0.39, 0.29) is 12.4 Å². The maximum Gasteiger partial charge on any atom is 0.0834 e. The van der Waals surface area contributed by atoms with Crippen molar-refractivity contribution in [2.75, 3.05) is 20.0 Å². The molecule has 0 atom stereocenters. The Morgan fingerprint density at radius 2 is 1.64 bits per heavy atom. The summed E-state index contributed by atoms with van der Waals surface area (Å²) in [6.45, 7) is 10.9. The third kappa shape index (κ3) is 4.79. The molecule has 78 valence electrons. The monoisotopic (exact) mass is 228 g/mol. The van der Waals surface area contributed by atoms with Crippen molar-refractivity contribution < 1.29 is 12.4 Å². The van der Waals surface area contributed by atoms with Gasteiger partial charge in [-0.3, -0.25) is 0 Å². The molecule has 0 saturated carbocycles. The molecule has 0 fully saturated rings. The average molecular weight is 229 g/mol. The number of halogens is 1. The van der Waals surface area contributed by atoms with Crippen LogP contribution in [0.15, 0.2) is 30.8 Å². The van der Waals surface area contributed by atoms with Gasteiger partial charge in [0, 0.05) is 27.3 Å². The number of benzene rings is 1. The highest BCUT2D eigenvalue weighted by atomic mass is 35.5. The Balaban J connectivity index is 0.00000169. The van der Waals surface area contributed by atoms with Gasteiger partial charge in [-0.15, -0.1) is 0 Å². The van der Waals surface area contributed by atoms with Gasteiger partial charge >= 0.3 is 0 Å². The molecule has 0 N–H and O–H groups in total. The van der Waals surface area contributed by atoms with Gasteiger partial charge < -0.3 is 12.4 Å².